The summed E-state index contributed by atoms with van der Waals surface area (Å²) in [6.45, 7) is 7.03. The van der Waals surface area contributed by atoms with Gasteiger partial charge in [0.2, 0.25) is 11.8 Å². The van der Waals surface area contributed by atoms with Crippen LogP contribution in [0.4, 0.5) is 0 Å². The molecule has 1 fully saturated rings. The molecule has 20 heavy (non-hydrogen) atoms. The van der Waals surface area contributed by atoms with Gasteiger partial charge in [-0.1, -0.05) is 13.8 Å². The van der Waals surface area contributed by atoms with Gasteiger partial charge in [0.05, 0.1) is 6.54 Å². The molecule has 1 aromatic heterocycles. The molecule has 6 nitrogen and oxygen atoms in total. The minimum absolute atomic E-state index is 0.00510. The van der Waals surface area contributed by atoms with E-state index < -0.39 is 6.04 Å². The van der Waals surface area contributed by atoms with Crippen LogP contribution in [0.25, 0.3) is 0 Å². The molecule has 0 spiro atoms. The van der Waals surface area contributed by atoms with Gasteiger partial charge in [0, 0.05) is 31.4 Å². The van der Waals surface area contributed by atoms with Crippen LogP contribution in [-0.4, -0.2) is 45.1 Å². The van der Waals surface area contributed by atoms with E-state index >= 15 is 0 Å². The van der Waals surface area contributed by atoms with Crippen molar-refractivity contribution in [3.8, 4) is 0 Å². The highest BCUT2D eigenvalue weighted by molar-refractivity contribution is 5.90. The summed E-state index contributed by atoms with van der Waals surface area (Å²) in [5, 5.41) is 6.97. The molecule has 6 heteroatoms. The number of hydrogen-bond acceptors (Lipinski definition) is 3. The molecule has 2 atom stereocenters. The molecule has 2 unspecified atom stereocenters. The van der Waals surface area contributed by atoms with Crippen molar-refractivity contribution in [1.82, 2.24) is 20.0 Å². The van der Waals surface area contributed by atoms with E-state index in [1.807, 2.05) is 33.0 Å². The van der Waals surface area contributed by atoms with E-state index in [9.17, 15) is 9.59 Å². The van der Waals surface area contributed by atoms with Crippen LogP contribution in [-0.2, 0) is 16.1 Å². The van der Waals surface area contributed by atoms with Crippen molar-refractivity contribution in [1.29, 1.82) is 0 Å². The first-order valence-electron chi connectivity index (χ1n) is 7.06. The molecule has 2 heterocycles. The molecule has 1 aliphatic rings. The summed E-state index contributed by atoms with van der Waals surface area (Å²) in [6.07, 6.45) is 3.94. The number of aromatic nitrogens is 2. The van der Waals surface area contributed by atoms with Gasteiger partial charge in [-0.2, -0.15) is 5.10 Å². The highest BCUT2D eigenvalue weighted by Gasteiger charge is 2.35. The number of hydrogen-bond donors (Lipinski definition) is 1. The van der Waals surface area contributed by atoms with E-state index in [1.165, 1.54) is 0 Å². The monoisotopic (exact) mass is 278 g/mol. The molecule has 0 aliphatic carbocycles. The second kappa shape index (κ2) is 6.07. The summed E-state index contributed by atoms with van der Waals surface area (Å²) in [7, 11) is 0. The van der Waals surface area contributed by atoms with E-state index in [2.05, 4.69) is 10.4 Å². The third-order valence-corrected chi connectivity index (χ3v) is 3.67. The number of carbonyl (C=O) groups is 2. The summed E-state index contributed by atoms with van der Waals surface area (Å²) in [5.74, 6) is 0.0422. The van der Waals surface area contributed by atoms with Crippen LogP contribution in [0.3, 0.4) is 0 Å². The molecular formula is C14H22N4O2. The Bertz CT molecular complexity index is 470. The average Bonchev–Trinajstić information content (AvgIpc) is 2.85. The molecule has 110 valence electrons. The third kappa shape index (κ3) is 3.18. The summed E-state index contributed by atoms with van der Waals surface area (Å²) >= 11 is 0. The molecule has 1 saturated heterocycles. The Kier molecular flexibility index (Phi) is 4.42. The van der Waals surface area contributed by atoms with Gasteiger partial charge in [-0.05, 0) is 18.9 Å². The van der Waals surface area contributed by atoms with Crippen LogP contribution in [0.15, 0.2) is 18.5 Å². The second-order valence-electron chi connectivity index (χ2n) is 5.64. The Balaban J connectivity index is 2.10. The van der Waals surface area contributed by atoms with Crippen molar-refractivity contribution in [2.24, 2.45) is 5.92 Å². The SMILES string of the molecule is CC(C)C1NC(=O)CC(C)N(CCn2cccn2)C1=O. The predicted molar refractivity (Wildman–Crippen MR) is 74.8 cm³/mol. The van der Waals surface area contributed by atoms with Crippen molar-refractivity contribution in [2.45, 2.75) is 45.8 Å². The highest BCUT2D eigenvalue weighted by atomic mass is 16.2. The maximum Gasteiger partial charge on any atom is 0.245 e. The molecule has 0 bridgehead atoms. The summed E-state index contributed by atoms with van der Waals surface area (Å²) in [4.78, 5) is 26.2. The van der Waals surface area contributed by atoms with E-state index in [-0.39, 0.29) is 23.8 Å². The zero-order chi connectivity index (χ0) is 14.7. The minimum atomic E-state index is -0.426. The molecule has 0 radical (unpaired) electrons. The normalized spacial score (nSPS) is 23.9. The molecule has 2 amide bonds. The van der Waals surface area contributed by atoms with Crippen LogP contribution < -0.4 is 5.32 Å². The molecule has 1 N–H and O–H groups in total. The highest BCUT2D eigenvalue weighted by Crippen LogP contribution is 2.15. The van der Waals surface area contributed by atoms with Crippen LogP contribution >= 0.6 is 0 Å². The number of rotatable bonds is 4. The first-order valence-corrected chi connectivity index (χ1v) is 7.06. The minimum Gasteiger partial charge on any atom is -0.344 e. The van der Waals surface area contributed by atoms with Gasteiger partial charge in [0.1, 0.15) is 6.04 Å². The summed E-state index contributed by atoms with van der Waals surface area (Å²) in [5.41, 5.74) is 0. The van der Waals surface area contributed by atoms with Crippen LogP contribution in [0.2, 0.25) is 0 Å². The van der Waals surface area contributed by atoms with E-state index in [0.717, 1.165) is 0 Å². The average molecular weight is 278 g/mol. The Morgan fingerprint density at radius 1 is 1.40 bits per heavy atom. The van der Waals surface area contributed by atoms with E-state index in [4.69, 9.17) is 0 Å². The van der Waals surface area contributed by atoms with Crippen molar-refractivity contribution in [3.63, 3.8) is 0 Å². The third-order valence-electron chi connectivity index (χ3n) is 3.67. The maximum absolute atomic E-state index is 12.6. The fourth-order valence-electron chi connectivity index (χ4n) is 2.49. The Hall–Kier alpha value is -1.85. The lowest BCUT2D eigenvalue weighted by molar-refractivity contribution is -0.136. The van der Waals surface area contributed by atoms with E-state index in [0.29, 0.717) is 19.5 Å². The number of amides is 2. The van der Waals surface area contributed by atoms with Crippen LogP contribution in [0, 0.1) is 5.92 Å². The zero-order valence-electron chi connectivity index (χ0n) is 12.2. The van der Waals surface area contributed by atoms with Crippen molar-refractivity contribution < 1.29 is 9.59 Å². The van der Waals surface area contributed by atoms with Gasteiger partial charge in [-0.15, -0.1) is 0 Å². The Labute approximate surface area is 119 Å². The molecular weight excluding hydrogens is 256 g/mol. The van der Waals surface area contributed by atoms with Crippen molar-refractivity contribution in [2.75, 3.05) is 6.54 Å². The van der Waals surface area contributed by atoms with Gasteiger partial charge in [-0.3, -0.25) is 14.3 Å². The Morgan fingerprint density at radius 2 is 2.15 bits per heavy atom. The van der Waals surface area contributed by atoms with Crippen LogP contribution in [0.5, 0.6) is 0 Å². The van der Waals surface area contributed by atoms with Crippen molar-refractivity contribution >= 4 is 11.8 Å². The summed E-state index contributed by atoms with van der Waals surface area (Å²) in [6, 6.07) is 1.35. The molecule has 2 rings (SSSR count). The summed E-state index contributed by atoms with van der Waals surface area (Å²) < 4.78 is 1.80. The fraction of sp³-hybridized carbons (Fsp3) is 0.643. The fourth-order valence-corrected chi connectivity index (χ4v) is 2.49. The second-order valence-corrected chi connectivity index (χ2v) is 5.64. The standard InChI is InChI=1S/C14H22N4O2/c1-10(2)13-14(20)18(11(3)9-12(19)16-13)8-7-17-6-4-5-15-17/h4-6,10-11,13H,7-9H2,1-3H3,(H,16,19). The maximum atomic E-state index is 12.6. The lowest BCUT2D eigenvalue weighted by Gasteiger charge is -2.29. The van der Waals surface area contributed by atoms with Gasteiger partial charge >= 0.3 is 0 Å². The zero-order valence-corrected chi connectivity index (χ0v) is 12.2. The number of nitrogens with one attached hydrogen (secondary N) is 1. The molecule has 1 aliphatic heterocycles. The largest absolute Gasteiger partial charge is 0.344 e. The van der Waals surface area contributed by atoms with Gasteiger partial charge in [0.25, 0.3) is 0 Å². The lowest BCUT2D eigenvalue weighted by Crippen LogP contribution is -2.49. The molecule has 1 aromatic rings. The lowest BCUT2D eigenvalue weighted by atomic mass is 10.0. The van der Waals surface area contributed by atoms with Crippen molar-refractivity contribution in [3.05, 3.63) is 18.5 Å². The first kappa shape index (κ1) is 14.6. The molecule has 0 aromatic carbocycles. The molecule has 0 saturated carbocycles. The quantitative estimate of drug-likeness (QED) is 0.879. The number of nitrogens with zero attached hydrogens (tertiary/aromatic N) is 3. The van der Waals surface area contributed by atoms with E-state index in [1.54, 1.807) is 15.8 Å². The topological polar surface area (TPSA) is 67.2 Å². The smallest absolute Gasteiger partial charge is 0.245 e. The number of carbonyl (C=O) groups excluding carboxylic acids is 2. The predicted octanol–water partition coefficient (Wildman–Crippen LogP) is 0.645. The van der Waals surface area contributed by atoms with Gasteiger partial charge in [-0.25, -0.2) is 0 Å². The first-order chi connectivity index (χ1) is 9.49. The van der Waals surface area contributed by atoms with Gasteiger partial charge in [0.15, 0.2) is 0 Å². The van der Waals surface area contributed by atoms with Gasteiger partial charge < -0.3 is 10.2 Å². The Morgan fingerprint density at radius 3 is 2.75 bits per heavy atom. The van der Waals surface area contributed by atoms with Crippen LogP contribution in [0.1, 0.15) is 27.2 Å².